The van der Waals surface area contributed by atoms with Crippen molar-refractivity contribution in [1.29, 1.82) is 0 Å². The molecule has 4 rings (SSSR count). The molecule has 2 aromatic heterocycles. The molecule has 0 saturated heterocycles. The Morgan fingerprint density at radius 1 is 1.33 bits per heavy atom. The van der Waals surface area contributed by atoms with Gasteiger partial charge in [0.1, 0.15) is 28.6 Å². The number of nitrogen functional groups attached to an aromatic ring is 1. The van der Waals surface area contributed by atoms with Crippen molar-refractivity contribution >= 4 is 17.6 Å². The van der Waals surface area contributed by atoms with Gasteiger partial charge in [-0.25, -0.2) is 14.4 Å². The average Bonchev–Trinajstić information content (AvgIpc) is 3.27. The van der Waals surface area contributed by atoms with Gasteiger partial charge in [0.05, 0.1) is 18.7 Å². The van der Waals surface area contributed by atoms with E-state index in [1.54, 1.807) is 49.0 Å². The molecule has 3 N–H and O–H groups in total. The van der Waals surface area contributed by atoms with Gasteiger partial charge in [0.25, 0.3) is 0 Å². The number of halogens is 1. The summed E-state index contributed by atoms with van der Waals surface area (Å²) in [5, 5.41) is 7.45. The van der Waals surface area contributed by atoms with E-state index >= 15 is 0 Å². The van der Waals surface area contributed by atoms with Crippen LogP contribution < -0.4 is 11.1 Å². The summed E-state index contributed by atoms with van der Waals surface area (Å²) in [6.45, 7) is 7.84. The molecule has 1 aliphatic rings. The molecule has 0 bridgehead atoms. The molecule has 154 valence electrons. The van der Waals surface area contributed by atoms with Gasteiger partial charge in [-0.2, -0.15) is 5.10 Å². The van der Waals surface area contributed by atoms with E-state index in [0.29, 0.717) is 28.3 Å². The van der Waals surface area contributed by atoms with Gasteiger partial charge in [0.2, 0.25) is 0 Å². The number of hydrogen-bond donors (Lipinski definition) is 2. The molecule has 1 atom stereocenters. The first-order valence-corrected chi connectivity index (χ1v) is 9.43. The lowest BCUT2D eigenvalue weighted by atomic mass is 9.83. The first-order chi connectivity index (χ1) is 14.3. The topological polar surface area (TPSA) is 108 Å². The number of carbonyl (C=O) groups excluding carboxylic acids is 1. The Morgan fingerprint density at radius 3 is 2.83 bits per heavy atom. The molecule has 0 aliphatic carbocycles. The second kappa shape index (κ2) is 7.25. The van der Waals surface area contributed by atoms with E-state index in [1.807, 2.05) is 0 Å². The second-order valence-electron chi connectivity index (χ2n) is 7.10. The minimum absolute atomic E-state index is 0.139. The van der Waals surface area contributed by atoms with Crippen LogP contribution in [0.3, 0.4) is 0 Å². The Labute approximate surface area is 172 Å². The monoisotopic (exact) mass is 408 g/mol. The lowest BCUT2D eigenvalue weighted by Crippen LogP contribution is -2.35. The largest absolute Gasteiger partial charge is 0.465 e. The highest BCUT2D eigenvalue weighted by Crippen LogP contribution is 2.45. The molecule has 3 aromatic rings. The second-order valence-corrected chi connectivity index (χ2v) is 7.10. The number of nitrogens with zero attached hydrogens (tertiary/aromatic N) is 4. The Bertz CT molecular complexity index is 1160. The van der Waals surface area contributed by atoms with Crippen molar-refractivity contribution in [3.63, 3.8) is 0 Å². The molecule has 3 heterocycles. The maximum absolute atomic E-state index is 13.9. The van der Waals surface area contributed by atoms with Crippen molar-refractivity contribution in [1.82, 2.24) is 19.7 Å². The summed E-state index contributed by atoms with van der Waals surface area (Å²) in [6, 6.07) is 8.23. The van der Waals surface area contributed by atoms with Crippen molar-refractivity contribution in [2.45, 2.75) is 25.8 Å². The van der Waals surface area contributed by atoms with Crippen LogP contribution in [0, 0.1) is 5.82 Å². The van der Waals surface area contributed by atoms with Crippen LogP contribution in [0.25, 0.3) is 11.5 Å². The molecule has 1 unspecified atom stereocenters. The van der Waals surface area contributed by atoms with E-state index in [9.17, 15) is 9.18 Å². The van der Waals surface area contributed by atoms with Gasteiger partial charge in [-0.1, -0.05) is 24.8 Å². The summed E-state index contributed by atoms with van der Waals surface area (Å²) in [4.78, 5) is 21.4. The summed E-state index contributed by atoms with van der Waals surface area (Å²) in [7, 11) is 0. The molecule has 0 amide bonds. The molecule has 1 aliphatic heterocycles. The summed E-state index contributed by atoms with van der Waals surface area (Å²) < 4.78 is 20.7. The molecule has 0 fully saturated rings. The van der Waals surface area contributed by atoms with E-state index in [0.717, 1.165) is 0 Å². The highest BCUT2D eigenvalue weighted by Gasteiger charge is 2.49. The van der Waals surface area contributed by atoms with E-state index in [1.165, 1.54) is 6.07 Å². The Hall–Kier alpha value is -3.75. The van der Waals surface area contributed by atoms with E-state index < -0.39 is 11.4 Å². The number of benzene rings is 1. The number of fused-ring (bicyclic) bond motifs is 1. The van der Waals surface area contributed by atoms with Crippen LogP contribution in [-0.2, 0) is 21.5 Å². The normalized spacial score (nSPS) is 17.5. The quantitative estimate of drug-likeness (QED) is 0.625. The number of carbonyl (C=O) groups is 1. The lowest BCUT2D eigenvalue weighted by Gasteiger charge is -2.23. The van der Waals surface area contributed by atoms with Gasteiger partial charge in [-0.3, -0.25) is 9.48 Å². The molecule has 0 spiro atoms. The highest BCUT2D eigenvalue weighted by molar-refractivity contribution is 5.95. The zero-order chi connectivity index (χ0) is 21.5. The van der Waals surface area contributed by atoms with Crippen LogP contribution in [-0.4, -0.2) is 32.3 Å². The molecule has 0 radical (unpaired) electrons. The number of anilines is 2. The van der Waals surface area contributed by atoms with Gasteiger partial charge in [-0.15, -0.1) is 0 Å². The molecule has 1 aromatic carbocycles. The van der Waals surface area contributed by atoms with Crippen molar-refractivity contribution in [2.24, 2.45) is 0 Å². The fourth-order valence-electron chi connectivity index (χ4n) is 3.47. The molecule has 30 heavy (non-hydrogen) atoms. The van der Waals surface area contributed by atoms with Gasteiger partial charge in [-0.05, 0) is 26.0 Å². The predicted molar refractivity (Wildman–Crippen MR) is 110 cm³/mol. The predicted octanol–water partition coefficient (Wildman–Crippen LogP) is 2.87. The Kier molecular flexibility index (Phi) is 4.73. The number of rotatable bonds is 5. The molecular formula is C21H21FN6O2. The minimum atomic E-state index is -1.18. The first kappa shape index (κ1) is 19.6. The van der Waals surface area contributed by atoms with Crippen LogP contribution in [0.2, 0.25) is 0 Å². The standard InChI is InChI=1S/C21H21FN6O2/c1-4-30-20(29)21(3)12(2)24-19-16(21)17(23)25-18(26-19)15-9-10-28(27-15)11-13-7-5-6-8-14(13)22/h5-10H,2,4,11H2,1,3H3,(H3,23,24,25,26). The van der Waals surface area contributed by atoms with Gasteiger partial charge < -0.3 is 15.8 Å². The Balaban J connectivity index is 1.67. The van der Waals surface area contributed by atoms with Crippen LogP contribution in [0.1, 0.15) is 25.0 Å². The van der Waals surface area contributed by atoms with E-state index in [4.69, 9.17) is 10.5 Å². The number of aromatic nitrogens is 4. The SMILES string of the molecule is C=C1Nc2nc(-c3ccn(Cc4ccccc4F)n3)nc(N)c2C1(C)C(=O)OCC. The van der Waals surface area contributed by atoms with Crippen molar-refractivity contribution < 1.29 is 13.9 Å². The van der Waals surface area contributed by atoms with Crippen molar-refractivity contribution in [2.75, 3.05) is 17.7 Å². The smallest absolute Gasteiger partial charge is 0.322 e. The zero-order valence-corrected chi connectivity index (χ0v) is 16.6. The Morgan fingerprint density at radius 2 is 2.10 bits per heavy atom. The van der Waals surface area contributed by atoms with Crippen LogP contribution >= 0.6 is 0 Å². The molecular weight excluding hydrogens is 387 g/mol. The van der Waals surface area contributed by atoms with Gasteiger partial charge in [0, 0.05) is 17.5 Å². The van der Waals surface area contributed by atoms with Crippen LogP contribution in [0.15, 0.2) is 48.8 Å². The zero-order valence-electron chi connectivity index (χ0n) is 16.6. The fourth-order valence-corrected chi connectivity index (χ4v) is 3.47. The van der Waals surface area contributed by atoms with Crippen LogP contribution in [0.4, 0.5) is 16.0 Å². The first-order valence-electron chi connectivity index (χ1n) is 9.43. The highest BCUT2D eigenvalue weighted by atomic mass is 19.1. The number of ether oxygens (including phenoxy) is 1. The number of nitrogens with one attached hydrogen (secondary N) is 1. The summed E-state index contributed by atoms with van der Waals surface area (Å²) in [6.07, 6.45) is 1.71. The number of esters is 1. The summed E-state index contributed by atoms with van der Waals surface area (Å²) >= 11 is 0. The van der Waals surface area contributed by atoms with Gasteiger partial charge >= 0.3 is 5.97 Å². The average molecular weight is 408 g/mol. The fraction of sp³-hybridized carbons (Fsp3) is 0.238. The third-order valence-electron chi connectivity index (χ3n) is 5.15. The summed E-state index contributed by atoms with van der Waals surface area (Å²) in [5.74, 6) is 0.0426. The van der Waals surface area contributed by atoms with E-state index in [2.05, 4.69) is 27.0 Å². The minimum Gasteiger partial charge on any atom is -0.465 e. The van der Waals surface area contributed by atoms with E-state index in [-0.39, 0.29) is 30.6 Å². The number of nitrogens with two attached hydrogens (primary N) is 1. The van der Waals surface area contributed by atoms with Crippen molar-refractivity contribution in [3.8, 4) is 11.5 Å². The lowest BCUT2D eigenvalue weighted by molar-refractivity contribution is -0.147. The third-order valence-corrected chi connectivity index (χ3v) is 5.15. The third kappa shape index (κ3) is 3.08. The molecule has 8 nitrogen and oxygen atoms in total. The molecule has 0 saturated carbocycles. The van der Waals surface area contributed by atoms with Crippen molar-refractivity contribution in [3.05, 3.63) is 65.7 Å². The van der Waals surface area contributed by atoms with Gasteiger partial charge in [0.15, 0.2) is 5.82 Å². The molecule has 9 heteroatoms. The number of hydrogen-bond acceptors (Lipinski definition) is 7. The van der Waals surface area contributed by atoms with Crippen LogP contribution in [0.5, 0.6) is 0 Å². The summed E-state index contributed by atoms with van der Waals surface area (Å²) in [5.41, 5.74) is 6.86. The maximum atomic E-state index is 13.9. The maximum Gasteiger partial charge on any atom is 0.322 e.